The smallest absolute Gasteiger partial charge is 0.326 e. The van der Waals surface area contributed by atoms with Crippen LogP contribution in [0.3, 0.4) is 0 Å². The molecule has 2 amide bonds. The van der Waals surface area contributed by atoms with E-state index in [1.165, 1.54) is 13.0 Å². The molecule has 3 N–H and O–H groups in total. The Morgan fingerprint density at radius 2 is 1.80 bits per heavy atom. The van der Waals surface area contributed by atoms with Crippen LogP contribution in [-0.4, -0.2) is 28.9 Å². The number of carboxylic acids is 1. The lowest BCUT2D eigenvalue weighted by atomic mass is 10.1. The zero-order chi connectivity index (χ0) is 18.4. The van der Waals surface area contributed by atoms with Crippen LogP contribution in [0.4, 0.5) is 5.69 Å². The fraction of sp³-hybridized carbons (Fsp3) is 0.167. The summed E-state index contributed by atoms with van der Waals surface area (Å²) in [6, 6.07) is 12.5. The van der Waals surface area contributed by atoms with Gasteiger partial charge in [0.05, 0.1) is 0 Å². The molecule has 0 radical (unpaired) electrons. The zero-order valence-electron chi connectivity index (χ0n) is 13.5. The van der Waals surface area contributed by atoms with Crippen molar-refractivity contribution in [2.24, 2.45) is 0 Å². The molecule has 7 heteroatoms. The van der Waals surface area contributed by atoms with Gasteiger partial charge in [0.15, 0.2) is 0 Å². The Morgan fingerprint density at radius 1 is 1.12 bits per heavy atom. The number of hydrogen-bond donors (Lipinski definition) is 3. The first kappa shape index (κ1) is 18.7. The second-order valence-electron chi connectivity index (χ2n) is 5.46. The summed E-state index contributed by atoms with van der Waals surface area (Å²) in [6.07, 6.45) is 0.166. The number of carbonyl (C=O) groups is 3. The summed E-state index contributed by atoms with van der Waals surface area (Å²) in [6.45, 7) is 1.37. The lowest BCUT2D eigenvalue weighted by Crippen LogP contribution is -2.42. The van der Waals surface area contributed by atoms with E-state index < -0.39 is 17.9 Å². The fourth-order valence-corrected chi connectivity index (χ4v) is 2.50. The quantitative estimate of drug-likeness (QED) is 0.689. The molecule has 0 saturated heterocycles. The van der Waals surface area contributed by atoms with Crippen molar-refractivity contribution in [3.8, 4) is 0 Å². The van der Waals surface area contributed by atoms with Crippen molar-refractivity contribution in [3.05, 3.63) is 64.1 Å². The average molecular weight is 405 g/mol. The third kappa shape index (κ3) is 5.72. The van der Waals surface area contributed by atoms with Gasteiger partial charge in [-0.15, -0.1) is 0 Å². The maximum atomic E-state index is 12.3. The predicted octanol–water partition coefficient (Wildman–Crippen LogP) is 2.83. The maximum Gasteiger partial charge on any atom is 0.326 e. The van der Waals surface area contributed by atoms with Gasteiger partial charge in [-0.25, -0.2) is 4.79 Å². The minimum Gasteiger partial charge on any atom is -0.480 e. The standard InChI is InChI=1S/C18H17BrN2O4/c1-11(22)20-15-4-2-3-13(10-15)17(23)21-16(18(24)25)9-12-5-7-14(19)8-6-12/h2-8,10,16H,9H2,1H3,(H,20,22)(H,21,23)(H,24,25)/t16-/m0/s1. The predicted molar refractivity (Wildman–Crippen MR) is 97.5 cm³/mol. The lowest BCUT2D eigenvalue weighted by molar-refractivity contribution is -0.139. The van der Waals surface area contributed by atoms with Gasteiger partial charge in [0.2, 0.25) is 5.91 Å². The SMILES string of the molecule is CC(=O)Nc1cccc(C(=O)N[C@@H](Cc2ccc(Br)cc2)C(=O)O)c1. The third-order valence-corrected chi connectivity index (χ3v) is 3.93. The number of carbonyl (C=O) groups excluding carboxylic acids is 2. The van der Waals surface area contributed by atoms with Gasteiger partial charge in [-0.1, -0.05) is 34.1 Å². The summed E-state index contributed by atoms with van der Waals surface area (Å²) >= 11 is 3.32. The number of hydrogen-bond acceptors (Lipinski definition) is 3. The highest BCUT2D eigenvalue weighted by atomic mass is 79.9. The van der Waals surface area contributed by atoms with Crippen LogP contribution in [0.25, 0.3) is 0 Å². The molecule has 25 heavy (non-hydrogen) atoms. The van der Waals surface area contributed by atoms with E-state index in [1.807, 2.05) is 12.1 Å². The number of carboxylic acid groups (broad SMARTS) is 1. The van der Waals surface area contributed by atoms with Crippen LogP contribution in [0.5, 0.6) is 0 Å². The van der Waals surface area contributed by atoms with Crippen molar-refractivity contribution in [1.29, 1.82) is 0 Å². The van der Waals surface area contributed by atoms with E-state index in [1.54, 1.807) is 30.3 Å². The van der Waals surface area contributed by atoms with E-state index in [2.05, 4.69) is 26.6 Å². The number of rotatable bonds is 6. The van der Waals surface area contributed by atoms with Gasteiger partial charge in [-0.05, 0) is 35.9 Å². The number of nitrogens with one attached hydrogen (secondary N) is 2. The molecule has 0 heterocycles. The van der Waals surface area contributed by atoms with E-state index in [0.29, 0.717) is 5.69 Å². The summed E-state index contributed by atoms with van der Waals surface area (Å²) in [7, 11) is 0. The number of halogens is 1. The highest BCUT2D eigenvalue weighted by Crippen LogP contribution is 2.14. The normalized spacial score (nSPS) is 11.4. The molecule has 0 saturated carbocycles. The first-order valence-electron chi connectivity index (χ1n) is 7.51. The van der Waals surface area contributed by atoms with Crippen molar-refractivity contribution in [2.75, 3.05) is 5.32 Å². The Bertz CT molecular complexity index is 790. The second kappa shape index (κ2) is 8.43. The molecular weight excluding hydrogens is 388 g/mol. The summed E-state index contributed by atoms with van der Waals surface area (Å²) < 4.78 is 0.891. The third-order valence-electron chi connectivity index (χ3n) is 3.40. The zero-order valence-corrected chi connectivity index (χ0v) is 15.0. The van der Waals surface area contributed by atoms with Gasteiger partial charge in [0.1, 0.15) is 6.04 Å². The molecule has 0 unspecified atom stereocenters. The molecule has 2 aromatic carbocycles. The van der Waals surface area contributed by atoms with Crippen LogP contribution in [-0.2, 0) is 16.0 Å². The molecule has 6 nitrogen and oxygen atoms in total. The van der Waals surface area contributed by atoms with Crippen LogP contribution >= 0.6 is 15.9 Å². The second-order valence-corrected chi connectivity index (χ2v) is 6.37. The number of aliphatic carboxylic acids is 1. The molecule has 2 aromatic rings. The number of benzene rings is 2. The molecule has 2 rings (SSSR count). The van der Waals surface area contributed by atoms with Crippen molar-refractivity contribution in [2.45, 2.75) is 19.4 Å². The molecular formula is C18H17BrN2O4. The molecule has 1 atom stereocenters. The Labute approximate surface area is 153 Å². The Hall–Kier alpha value is -2.67. The molecule has 0 bridgehead atoms. The summed E-state index contributed by atoms with van der Waals surface area (Å²) in [4.78, 5) is 34.9. The van der Waals surface area contributed by atoms with Crippen LogP contribution in [0, 0.1) is 0 Å². The summed E-state index contributed by atoms with van der Waals surface area (Å²) in [5.41, 5.74) is 1.54. The average Bonchev–Trinajstić information content (AvgIpc) is 2.55. The molecule has 130 valence electrons. The van der Waals surface area contributed by atoms with Gasteiger partial charge in [0, 0.05) is 29.1 Å². The van der Waals surface area contributed by atoms with E-state index in [-0.39, 0.29) is 17.9 Å². The van der Waals surface area contributed by atoms with E-state index in [0.717, 1.165) is 10.0 Å². The van der Waals surface area contributed by atoms with E-state index >= 15 is 0 Å². The minimum atomic E-state index is -1.12. The van der Waals surface area contributed by atoms with Crippen molar-refractivity contribution >= 4 is 39.4 Å². The summed E-state index contributed by atoms with van der Waals surface area (Å²) in [5.74, 6) is -1.89. The minimum absolute atomic E-state index is 0.166. The van der Waals surface area contributed by atoms with Gasteiger partial charge >= 0.3 is 5.97 Å². The van der Waals surface area contributed by atoms with Gasteiger partial charge in [-0.3, -0.25) is 9.59 Å². The van der Waals surface area contributed by atoms with Crippen LogP contribution < -0.4 is 10.6 Å². The molecule has 0 aliphatic heterocycles. The first-order chi connectivity index (χ1) is 11.8. The largest absolute Gasteiger partial charge is 0.480 e. The Morgan fingerprint density at radius 3 is 2.40 bits per heavy atom. The highest BCUT2D eigenvalue weighted by Gasteiger charge is 2.21. The fourth-order valence-electron chi connectivity index (χ4n) is 2.24. The molecule has 0 aromatic heterocycles. The highest BCUT2D eigenvalue weighted by molar-refractivity contribution is 9.10. The summed E-state index contributed by atoms with van der Waals surface area (Å²) in [5, 5.41) is 14.5. The molecule has 0 aliphatic carbocycles. The van der Waals surface area contributed by atoms with Gasteiger partial charge in [-0.2, -0.15) is 0 Å². The monoisotopic (exact) mass is 404 g/mol. The molecule has 0 aliphatic rings. The van der Waals surface area contributed by atoms with Crippen LogP contribution in [0.1, 0.15) is 22.8 Å². The molecule has 0 fully saturated rings. The lowest BCUT2D eigenvalue weighted by Gasteiger charge is -2.15. The van der Waals surface area contributed by atoms with Gasteiger partial charge in [0.25, 0.3) is 5.91 Å². The topological polar surface area (TPSA) is 95.5 Å². The van der Waals surface area contributed by atoms with E-state index in [4.69, 9.17) is 0 Å². The number of amides is 2. The van der Waals surface area contributed by atoms with Crippen molar-refractivity contribution < 1.29 is 19.5 Å². The Balaban J connectivity index is 2.11. The van der Waals surface area contributed by atoms with E-state index in [9.17, 15) is 19.5 Å². The van der Waals surface area contributed by atoms with Gasteiger partial charge < -0.3 is 15.7 Å². The molecule has 0 spiro atoms. The van der Waals surface area contributed by atoms with Crippen LogP contribution in [0.15, 0.2) is 53.0 Å². The van der Waals surface area contributed by atoms with Crippen molar-refractivity contribution in [3.63, 3.8) is 0 Å². The maximum absolute atomic E-state index is 12.3. The van der Waals surface area contributed by atoms with Crippen molar-refractivity contribution in [1.82, 2.24) is 5.32 Å². The van der Waals surface area contributed by atoms with Crippen LogP contribution in [0.2, 0.25) is 0 Å². The first-order valence-corrected chi connectivity index (χ1v) is 8.30. The Kier molecular flexibility index (Phi) is 6.30. The number of anilines is 1.